The molecular formula is C20H27N5OS. The van der Waals surface area contributed by atoms with Crippen molar-refractivity contribution >= 4 is 29.1 Å². The Bertz CT molecular complexity index is 770. The summed E-state index contributed by atoms with van der Waals surface area (Å²) >= 11 is 5.46. The van der Waals surface area contributed by atoms with Crippen LogP contribution in [-0.2, 0) is 0 Å². The van der Waals surface area contributed by atoms with E-state index in [0.29, 0.717) is 23.0 Å². The highest BCUT2D eigenvalue weighted by atomic mass is 32.1. The Hall–Kier alpha value is -2.41. The molecule has 27 heavy (non-hydrogen) atoms. The molecule has 3 rings (SSSR count). The highest BCUT2D eigenvalue weighted by Crippen LogP contribution is 2.26. The number of methoxy groups -OCH3 is 1. The van der Waals surface area contributed by atoms with Gasteiger partial charge in [-0.25, -0.2) is 0 Å². The Morgan fingerprint density at radius 1 is 1.26 bits per heavy atom. The van der Waals surface area contributed by atoms with Crippen molar-refractivity contribution < 1.29 is 4.74 Å². The van der Waals surface area contributed by atoms with E-state index < -0.39 is 0 Å². The molecular weight excluding hydrogens is 358 g/mol. The summed E-state index contributed by atoms with van der Waals surface area (Å²) in [4.78, 5) is 11.4. The lowest BCUT2D eigenvalue weighted by Crippen LogP contribution is -2.38. The van der Waals surface area contributed by atoms with Crippen LogP contribution in [0, 0.1) is 0 Å². The third kappa shape index (κ3) is 5.07. The first kappa shape index (κ1) is 19.4. The largest absolute Gasteiger partial charge is 0.481 e. The molecule has 0 saturated carbocycles. The van der Waals surface area contributed by atoms with Crippen molar-refractivity contribution in [3.05, 3.63) is 42.0 Å². The Kier molecular flexibility index (Phi) is 6.45. The molecule has 144 valence electrons. The second-order valence-electron chi connectivity index (χ2n) is 6.86. The second kappa shape index (κ2) is 8.99. The first-order valence-electron chi connectivity index (χ1n) is 9.39. The van der Waals surface area contributed by atoms with Crippen molar-refractivity contribution in [1.82, 2.24) is 15.3 Å². The van der Waals surface area contributed by atoms with Gasteiger partial charge < -0.3 is 20.3 Å². The van der Waals surface area contributed by atoms with Gasteiger partial charge in [0, 0.05) is 18.7 Å². The predicted octanol–water partition coefficient (Wildman–Crippen LogP) is 3.91. The highest BCUT2D eigenvalue weighted by Gasteiger charge is 2.21. The zero-order valence-electron chi connectivity index (χ0n) is 16.1. The van der Waals surface area contributed by atoms with Gasteiger partial charge in [-0.3, -0.25) is 0 Å². The molecule has 0 bridgehead atoms. The van der Waals surface area contributed by atoms with Gasteiger partial charge in [0.1, 0.15) is 5.82 Å². The molecule has 0 radical (unpaired) electrons. The number of aromatic nitrogens is 2. The van der Waals surface area contributed by atoms with Gasteiger partial charge in [0.15, 0.2) is 5.11 Å². The van der Waals surface area contributed by atoms with E-state index in [2.05, 4.69) is 51.5 Å². The first-order valence-corrected chi connectivity index (χ1v) is 9.80. The zero-order valence-corrected chi connectivity index (χ0v) is 16.9. The number of thiocarbonyl (C=S) groups is 1. The molecule has 1 fully saturated rings. The molecule has 0 unspecified atom stereocenters. The van der Waals surface area contributed by atoms with Crippen molar-refractivity contribution in [2.45, 2.75) is 45.2 Å². The quantitative estimate of drug-likeness (QED) is 0.757. The maximum atomic E-state index is 5.46. The summed E-state index contributed by atoms with van der Waals surface area (Å²) in [6.07, 6.45) is 3.61. The van der Waals surface area contributed by atoms with Gasteiger partial charge in [-0.1, -0.05) is 30.3 Å². The van der Waals surface area contributed by atoms with Crippen LogP contribution in [0.3, 0.4) is 0 Å². The molecule has 1 aromatic heterocycles. The van der Waals surface area contributed by atoms with E-state index in [0.717, 1.165) is 17.9 Å². The van der Waals surface area contributed by atoms with Crippen LogP contribution >= 0.6 is 12.2 Å². The molecule has 2 aromatic rings. The summed E-state index contributed by atoms with van der Waals surface area (Å²) in [6.45, 7) is 5.29. The molecule has 0 spiro atoms. The fraction of sp³-hybridized carbons (Fsp3) is 0.450. The number of hydrogen-bond donors (Lipinski definition) is 2. The SMILES string of the molecule is COc1cc(N2CCCC[C@H]2C)nc(NC(=S)N[C@@H](C)c2ccccc2)n1. The van der Waals surface area contributed by atoms with E-state index in [1.807, 2.05) is 24.3 Å². The smallest absolute Gasteiger partial charge is 0.234 e. The summed E-state index contributed by atoms with van der Waals surface area (Å²) in [6, 6.07) is 12.6. The minimum atomic E-state index is 0.0818. The fourth-order valence-corrected chi connectivity index (χ4v) is 3.59. The lowest BCUT2D eigenvalue weighted by atomic mass is 10.0. The van der Waals surface area contributed by atoms with Crippen molar-refractivity contribution in [2.24, 2.45) is 0 Å². The number of ether oxygens (including phenoxy) is 1. The topological polar surface area (TPSA) is 62.3 Å². The molecule has 1 aromatic carbocycles. The monoisotopic (exact) mass is 385 g/mol. The van der Waals surface area contributed by atoms with Gasteiger partial charge in [0.2, 0.25) is 11.8 Å². The van der Waals surface area contributed by atoms with Crippen LogP contribution in [0.25, 0.3) is 0 Å². The average Bonchev–Trinajstić information content (AvgIpc) is 2.68. The number of hydrogen-bond acceptors (Lipinski definition) is 5. The molecule has 0 aliphatic carbocycles. The van der Waals surface area contributed by atoms with Crippen LogP contribution in [0.15, 0.2) is 36.4 Å². The van der Waals surface area contributed by atoms with Gasteiger partial charge >= 0.3 is 0 Å². The highest BCUT2D eigenvalue weighted by molar-refractivity contribution is 7.80. The van der Waals surface area contributed by atoms with Gasteiger partial charge in [-0.15, -0.1) is 0 Å². The van der Waals surface area contributed by atoms with Crippen molar-refractivity contribution in [3.8, 4) is 5.88 Å². The van der Waals surface area contributed by atoms with Gasteiger partial charge in [-0.2, -0.15) is 9.97 Å². The Morgan fingerprint density at radius 2 is 2.04 bits per heavy atom. The standard InChI is InChI=1S/C20H27N5OS/c1-14-9-7-8-12-25(14)17-13-18(26-3)23-19(22-17)24-20(27)21-15(2)16-10-5-4-6-11-16/h4-6,10-11,13-15H,7-9,12H2,1-3H3,(H2,21,22,23,24,27)/t14-,15+/m1/s1. The van der Waals surface area contributed by atoms with E-state index in [4.69, 9.17) is 17.0 Å². The third-order valence-corrected chi connectivity index (χ3v) is 5.09. The summed E-state index contributed by atoms with van der Waals surface area (Å²) in [5, 5.41) is 6.86. The van der Waals surface area contributed by atoms with Crippen LogP contribution in [0.4, 0.5) is 11.8 Å². The second-order valence-corrected chi connectivity index (χ2v) is 7.27. The van der Waals surface area contributed by atoms with Gasteiger partial charge in [0.05, 0.1) is 13.2 Å². The number of nitrogens with one attached hydrogen (secondary N) is 2. The number of rotatable bonds is 5. The molecule has 2 N–H and O–H groups in total. The lowest BCUT2D eigenvalue weighted by molar-refractivity contribution is 0.396. The third-order valence-electron chi connectivity index (χ3n) is 4.87. The molecule has 1 saturated heterocycles. The molecule has 1 aliphatic rings. The molecule has 1 aliphatic heterocycles. The van der Waals surface area contributed by atoms with Crippen LogP contribution in [0.2, 0.25) is 0 Å². The summed E-state index contributed by atoms with van der Waals surface area (Å²) < 4.78 is 5.37. The van der Waals surface area contributed by atoms with E-state index in [1.54, 1.807) is 7.11 Å². The normalized spacial score (nSPS) is 17.9. The van der Waals surface area contributed by atoms with Crippen molar-refractivity contribution in [1.29, 1.82) is 0 Å². The number of anilines is 2. The van der Waals surface area contributed by atoms with Gasteiger partial charge in [-0.05, 0) is 50.9 Å². The zero-order chi connectivity index (χ0) is 19.2. The Labute approximate surface area is 166 Å². The number of piperidine rings is 1. The van der Waals surface area contributed by atoms with E-state index in [-0.39, 0.29) is 6.04 Å². The molecule has 0 amide bonds. The number of benzene rings is 1. The summed E-state index contributed by atoms with van der Waals surface area (Å²) in [7, 11) is 1.61. The maximum Gasteiger partial charge on any atom is 0.234 e. The predicted molar refractivity (Wildman–Crippen MR) is 113 cm³/mol. The molecule has 6 nitrogen and oxygen atoms in total. The van der Waals surface area contributed by atoms with Crippen LogP contribution < -0.4 is 20.3 Å². The fourth-order valence-electron chi connectivity index (χ4n) is 3.32. The van der Waals surface area contributed by atoms with Crippen molar-refractivity contribution in [3.63, 3.8) is 0 Å². The molecule has 2 atom stereocenters. The number of nitrogens with zero attached hydrogens (tertiary/aromatic N) is 3. The maximum absolute atomic E-state index is 5.46. The molecule has 7 heteroatoms. The van der Waals surface area contributed by atoms with Crippen LogP contribution in [0.5, 0.6) is 5.88 Å². The van der Waals surface area contributed by atoms with E-state index in [1.165, 1.54) is 19.3 Å². The summed E-state index contributed by atoms with van der Waals surface area (Å²) in [5.41, 5.74) is 1.16. The lowest BCUT2D eigenvalue weighted by Gasteiger charge is -2.34. The van der Waals surface area contributed by atoms with E-state index in [9.17, 15) is 0 Å². The van der Waals surface area contributed by atoms with Crippen LogP contribution in [0.1, 0.15) is 44.7 Å². The van der Waals surface area contributed by atoms with Crippen LogP contribution in [-0.4, -0.2) is 34.8 Å². The first-order chi connectivity index (χ1) is 13.1. The molecule has 2 heterocycles. The Balaban J connectivity index is 1.72. The van der Waals surface area contributed by atoms with Crippen molar-refractivity contribution in [2.75, 3.05) is 23.9 Å². The Morgan fingerprint density at radius 3 is 2.74 bits per heavy atom. The van der Waals surface area contributed by atoms with Gasteiger partial charge in [0.25, 0.3) is 0 Å². The van der Waals surface area contributed by atoms with E-state index >= 15 is 0 Å². The minimum absolute atomic E-state index is 0.0818. The minimum Gasteiger partial charge on any atom is -0.481 e. The average molecular weight is 386 g/mol. The summed E-state index contributed by atoms with van der Waals surface area (Å²) in [5.74, 6) is 1.84.